The summed E-state index contributed by atoms with van der Waals surface area (Å²) >= 11 is 0. The number of anilines is 1. The summed E-state index contributed by atoms with van der Waals surface area (Å²) in [5.41, 5.74) is 7.82. The molecule has 0 aromatic carbocycles. The average molecular weight is 231 g/mol. The van der Waals surface area contributed by atoms with E-state index in [-0.39, 0.29) is 0 Å². The van der Waals surface area contributed by atoms with Crippen molar-refractivity contribution in [2.24, 2.45) is 17.8 Å². The lowest BCUT2D eigenvalue weighted by molar-refractivity contribution is -0.00498. The second-order valence-electron chi connectivity index (χ2n) is 6.83. The highest BCUT2D eigenvalue weighted by Crippen LogP contribution is 2.61. The molecule has 0 radical (unpaired) electrons. The molecule has 0 spiro atoms. The average Bonchev–Trinajstić information content (AvgIpc) is 2.56. The molecule has 4 aliphatic rings. The van der Waals surface area contributed by atoms with Gasteiger partial charge >= 0.3 is 0 Å². The van der Waals surface area contributed by atoms with E-state index in [4.69, 9.17) is 10.2 Å². The minimum atomic E-state index is 0.386. The minimum absolute atomic E-state index is 0.386. The van der Waals surface area contributed by atoms with E-state index < -0.39 is 0 Å². The van der Waals surface area contributed by atoms with Gasteiger partial charge in [-0.1, -0.05) is 0 Å². The molecule has 0 saturated heterocycles. The summed E-state index contributed by atoms with van der Waals surface area (Å²) < 4.78 is 5.58. The third kappa shape index (κ3) is 1.33. The van der Waals surface area contributed by atoms with Crippen LogP contribution >= 0.6 is 0 Å². The Morgan fingerprint density at radius 3 is 2.06 bits per heavy atom. The number of hydrogen-bond acceptors (Lipinski definition) is 2. The zero-order chi connectivity index (χ0) is 11.6. The Labute approximate surface area is 103 Å². The fraction of sp³-hybridized carbons (Fsp3) is 0.733. The van der Waals surface area contributed by atoms with Crippen LogP contribution in [0.5, 0.6) is 0 Å². The second-order valence-corrected chi connectivity index (χ2v) is 6.83. The molecule has 4 bridgehead atoms. The molecule has 0 amide bonds. The van der Waals surface area contributed by atoms with Crippen molar-refractivity contribution in [3.8, 4) is 0 Å². The van der Waals surface area contributed by atoms with Crippen molar-refractivity contribution < 1.29 is 4.42 Å². The quantitative estimate of drug-likeness (QED) is 0.801. The molecule has 4 aliphatic carbocycles. The molecule has 2 heteroatoms. The van der Waals surface area contributed by atoms with Crippen molar-refractivity contribution >= 4 is 5.88 Å². The van der Waals surface area contributed by atoms with Crippen LogP contribution < -0.4 is 5.73 Å². The summed E-state index contributed by atoms with van der Waals surface area (Å²) in [6, 6.07) is 2.21. The van der Waals surface area contributed by atoms with E-state index in [1.165, 1.54) is 44.1 Å². The lowest BCUT2D eigenvalue weighted by Crippen LogP contribution is -2.48. The number of hydrogen-bond donors (Lipinski definition) is 1. The van der Waals surface area contributed by atoms with Gasteiger partial charge in [0, 0.05) is 11.0 Å². The van der Waals surface area contributed by atoms with Crippen molar-refractivity contribution in [3.05, 3.63) is 17.4 Å². The van der Waals surface area contributed by atoms with Crippen LogP contribution in [0.15, 0.2) is 10.5 Å². The standard InChI is InChI=1S/C15H21NO/c1-9-2-13(14(16)17-9)15-6-10-3-11(7-15)5-12(4-10)8-15/h2,10-12H,3-8,16H2,1H3. The van der Waals surface area contributed by atoms with Crippen LogP contribution in [0.2, 0.25) is 0 Å². The van der Waals surface area contributed by atoms with Gasteiger partial charge in [-0.3, -0.25) is 0 Å². The molecule has 4 saturated carbocycles. The van der Waals surface area contributed by atoms with Gasteiger partial charge in [-0.2, -0.15) is 0 Å². The van der Waals surface area contributed by atoms with Gasteiger partial charge in [0.1, 0.15) is 5.76 Å². The zero-order valence-electron chi connectivity index (χ0n) is 10.5. The first-order valence-corrected chi connectivity index (χ1v) is 7.01. The zero-order valence-corrected chi connectivity index (χ0v) is 10.5. The second kappa shape index (κ2) is 3.09. The monoisotopic (exact) mass is 231 g/mol. The van der Waals surface area contributed by atoms with E-state index in [1.54, 1.807) is 0 Å². The van der Waals surface area contributed by atoms with Crippen LogP contribution in [0.3, 0.4) is 0 Å². The smallest absolute Gasteiger partial charge is 0.194 e. The third-order valence-electron chi connectivity index (χ3n) is 5.49. The Morgan fingerprint density at radius 2 is 1.65 bits per heavy atom. The number of aryl methyl sites for hydroxylation is 1. The van der Waals surface area contributed by atoms with Crippen molar-refractivity contribution in [2.45, 2.75) is 50.9 Å². The van der Waals surface area contributed by atoms with Crippen LogP contribution in [-0.4, -0.2) is 0 Å². The Balaban J connectivity index is 1.79. The van der Waals surface area contributed by atoms with Crippen molar-refractivity contribution in [1.82, 2.24) is 0 Å². The van der Waals surface area contributed by atoms with Gasteiger partial charge in [-0.25, -0.2) is 0 Å². The molecular weight excluding hydrogens is 210 g/mol. The summed E-state index contributed by atoms with van der Waals surface area (Å²) in [6.07, 6.45) is 8.54. The fourth-order valence-electron chi connectivity index (χ4n) is 5.39. The molecule has 1 aromatic heterocycles. The fourth-order valence-corrected chi connectivity index (χ4v) is 5.39. The molecule has 1 aromatic rings. The van der Waals surface area contributed by atoms with E-state index in [1.807, 2.05) is 6.92 Å². The van der Waals surface area contributed by atoms with Gasteiger partial charge in [0.2, 0.25) is 0 Å². The number of nitrogen functional groups attached to an aromatic ring is 1. The molecule has 2 nitrogen and oxygen atoms in total. The molecule has 0 unspecified atom stereocenters. The SMILES string of the molecule is Cc1cc(C23CC4CC(CC(C4)C2)C3)c(N)o1. The predicted molar refractivity (Wildman–Crippen MR) is 67.7 cm³/mol. The van der Waals surface area contributed by atoms with Gasteiger partial charge in [-0.05, 0) is 69.3 Å². The third-order valence-corrected chi connectivity index (χ3v) is 5.49. The largest absolute Gasteiger partial charge is 0.446 e. The summed E-state index contributed by atoms with van der Waals surface area (Å²) in [6.45, 7) is 2.01. The first-order chi connectivity index (χ1) is 8.14. The Hall–Kier alpha value is -0.920. The molecule has 4 fully saturated rings. The molecule has 92 valence electrons. The molecule has 5 rings (SSSR count). The van der Waals surface area contributed by atoms with Crippen LogP contribution in [0.25, 0.3) is 0 Å². The van der Waals surface area contributed by atoms with E-state index in [0.717, 1.165) is 23.5 Å². The summed E-state index contributed by atoms with van der Waals surface area (Å²) in [7, 11) is 0. The van der Waals surface area contributed by atoms with Crippen molar-refractivity contribution in [3.63, 3.8) is 0 Å². The highest BCUT2D eigenvalue weighted by atomic mass is 16.3. The maximum absolute atomic E-state index is 6.10. The van der Waals surface area contributed by atoms with E-state index in [2.05, 4.69) is 6.07 Å². The van der Waals surface area contributed by atoms with E-state index in [9.17, 15) is 0 Å². The minimum Gasteiger partial charge on any atom is -0.446 e. The molecule has 1 heterocycles. The van der Waals surface area contributed by atoms with Crippen LogP contribution in [0.4, 0.5) is 5.88 Å². The summed E-state index contributed by atoms with van der Waals surface area (Å²) in [4.78, 5) is 0. The predicted octanol–water partition coefficient (Wildman–Crippen LogP) is 3.64. The molecule has 2 N–H and O–H groups in total. The molecule has 17 heavy (non-hydrogen) atoms. The Kier molecular flexibility index (Phi) is 1.83. The Morgan fingerprint density at radius 1 is 1.12 bits per heavy atom. The van der Waals surface area contributed by atoms with Gasteiger partial charge in [0.25, 0.3) is 0 Å². The van der Waals surface area contributed by atoms with Crippen molar-refractivity contribution in [1.29, 1.82) is 0 Å². The number of nitrogens with two attached hydrogens (primary N) is 1. The van der Waals surface area contributed by atoms with Crippen LogP contribution in [-0.2, 0) is 5.41 Å². The lowest BCUT2D eigenvalue weighted by atomic mass is 9.48. The van der Waals surface area contributed by atoms with Gasteiger partial charge in [0.15, 0.2) is 5.88 Å². The first kappa shape index (κ1) is 10.0. The normalized spacial score (nSPS) is 43.2. The van der Waals surface area contributed by atoms with Gasteiger partial charge < -0.3 is 10.2 Å². The highest BCUT2D eigenvalue weighted by molar-refractivity contribution is 5.45. The topological polar surface area (TPSA) is 39.2 Å². The maximum Gasteiger partial charge on any atom is 0.194 e. The molecule has 0 aliphatic heterocycles. The van der Waals surface area contributed by atoms with Crippen LogP contribution in [0, 0.1) is 24.7 Å². The van der Waals surface area contributed by atoms with E-state index in [0.29, 0.717) is 11.3 Å². The van der Waals surface area contributed by atoms with Gasteiger partial charge in [-0.15, -0.1) is 0 Å². The first-order valence-electron chi connectivity index (χ1n) is 7.01. The maximum atomic E-state index is 6.10. The summed E-state index contributed by atoms with van der Waals surface area (Å²) in [5, 5.41) is 0. The number of rotatable bonds is 1. The van der Waals surface area contributed by atoms with Gasteiger partial charge in [0.05, 0.1) is 0 Å². The molecule has 0 atom stereocenters. The number of furan rings is 1. The summed E-state index contributed by atoms with van der Waals surface area (Å²) in [5.74, 6) is 4.58. The van der Waals surface area contributed by atoms with E-state index >= 15 is 0 Å². The Bertz CT molecular complexity index is 424. The van der Waals surface area contributed by atoms with Crippen LogP contribution in [0.1, 0.15) is 49.8 Å². The highest BCUT2D eigenvalue weighted by Gasteiger charge is 2.52. The van der Waals surface area contributed by atoms with Crippen molar-refractivity contribution in [2.75, 3.05) is 5.73 Å². The lowest BCUT2D eigenvalue weighted by Gasteiger charge is -2.56. The molecular formula is C15H21NO.